The third-order valence-corrected chi connectivity index (χ3v) is 3.50. The molecule has 0 saturated carbocycles. The SMILES string of the molecule is Cc1cccc(NC(=O)C(=O)Nc2cccc(Cl)c2Cl)c1. The van der Waals surface area contributed by atoms with Crippen molar-refractivity contribution in [3.05, 3.63) is 58.1 Å². The summed E-state index contributed by atoms with van der Waals surface area (Å²) in [5.74, 6) is -1.60. The highest BCUT2D eigenvalue weighted by molar-refractivity contribution is 6.47. The van der Waals surface area contributed by atoms with Crippen molar-refractivity contribution < 1.29 is 9.59 Å². The van der Waals surface area contributed by atoms with Crippen molar-refractivity contribution in [1.29, 1.82) is 0 Å². The molecule has 0 spiro atoms. The van der Waals surface area contributed by atoms with Gasteiger partial charge in [0.2, 0.25) is 0 Å². The molecule has 2 rings (SSSR count). The van der Waals surface area contributed by atoms with Crippen LogP contribution in [0, 0.1) is 6.92 Å². The van der Waals surface area contributed by atoms with Crippen LogP contribution in [0.5, 0.6) is 0 Å². The van der Waals surface area contributed by atoms with Crippen molar-refractivity contribution in [2.45, 2.75) is 6.92 Å². The van der Waals surface area contributed by atoms with Crippen LogP contribution in [0.2, 0.25) is 10.0 Å². The van der Waals surface area contributed by atoms with Crippen molar-refractivity contribution in [3.8, 4) is 0 Å². The third-order valence-electron chi connectivity index (χ3n) is 2.68. The van der Waals surface area contributed by atoms with E-state index in [-0.39, 0.29) is 10.7 Å². The van der Waals surface area contributed by atoms with Crippen LogP contribution < -0.4 is 10.6 Å². The van der Waals surface area contributed by atoms with Gasteiger partial charge in [0, 0.05) is 5.69 Å². The van der Waals surface area contributed by atoms with Gasteiger partial charge in [-0.05, 0) is 36.8 Å². The minimum absolute atomic E-state index is 0.191. The lowest BCUT2D eigenvalue weighted by Crippen LogP contribution is -2.29. The number of anilines is 2. The van der Waals surface area contributed by atoms with Crippen LogP contribution in [0.1, 0.15) is 5.56 Å². The second kappa shape index (κ2) is 6.61. The molecule has 0 radical (unpaired) electrons. The van der Waals surface area contributed by atoms with Gasteiger partial charge >= 0.3 is 11.8 Å². The number of carbonyl (C=O) groups is 2. The molecule has 0 aliphatic rings. The molecule has 0 heterocycles. The predicted molar refractivity (Wildman–Crippen MR) is 84.9 cm³/mol. The van der Waals surface area contributed by atoms with E-state index in [1.54, 1.807) is 36.4 Å². The topological polar surface area (TPSA) is 58.2 Å². The largest absolute Gasteiger partial charge is 0.318 e. The molecule has 2 N–H and O–H groups in total. The summed E-state index contributed by atoms with van der Waals surface area (Å²) in [5.41, 5.74) is 1.81. The Labute approximate surface area is 132 Å². The van der Waals surface area contributed by atoms with Crippen LogP contribution >= 0.6 is 23.2 Å². The van der Waals surface area contributed by atoms with Gasteiger partial charge in [0.25, 0.3) is 0 Å². The summed E-state index contributed by atoms with van der Waals surface area (Å²) in [5, 5.41) is 5.42. The molecule has 0 aliphatic heterocycles. The molecule has 0 aromatic heterocycles. The van der Waals surface area contributed by atoms with Crippen LogP contribution in [-0.4, -0.2) is 11.8 Å². The lowest BCUT2D eigenvalue weighted by Gasteiger charge is -2.09. The molecule has 2 aromatic rings. The number of amides is 2. The molecule has 0 aliphatic carbocycles. The average Bonchev–Trinajstić information content (AvgIpc) is 2.44. The normalized spacial score (nSPS) is 10.0. The monoisotopic (exact) mass is 322 g/mol. The average molecular weight is 323 g/mol. The molecule has 0 unspecified atom stereocenters. The molecule has 0 saturated heterocycles. The fourth-order valence-corrected chi connectivity index (χ4v) is 2.04. The summed E-state index contributed by atoms with van der Waals surface area (Å²) >= 11 is 11.8. The minimum Gasteiger partial charge on any atom is -0.318 e. The van der Waals surface area contributed by atoms with Crippen molar-refractivity contribution >= 4 is 46.4 Å². The first-order valence-electron chi connectivity index (χ1n) is 6.10. The smallest absolute Gasteiger partial charge is 0.314 e. The van der Waals surface area contributed by atoms with E-state index >= 15 is 0 Å². The number of rotatable bonds is 2. The highest BCUT2D eigenvalue weighted by Crippen LogP contribution is 2.29. The fourth-order valence-electron chi connectivity index (χ4n) is 1.69. The molecular formula is C15H12Cl2N2O2. The molecule has 2 amide bonds. The summed E-state index contributed by atoms with van der Waals surface area (Å²) in [6, 6.07) is 11.9. The zero-order valence-corrected chi connectivity index (χ0v) is 12.6. The lowest BCUT2D eigenvalue weighted by atomic mass is 10.2. The van der Waals surface area contributed by atoms with Crippen LogP contribution in [0.3, 0.4) is 0 Å². The second-order valence-electron chi connectivity index (χ2n) is 4.38. The summed E-state index contributed by atoms with van der Waals surface area (Å²) in [4.78, 5) is 23.7. The molecule has 0 bridgehead atoms. The maximum Gasteiger partial charge on any atom is 0.314 e. The molecule has 6 heteroatoms. The van der Waals surface area contributed by atoms with Gasteiger partial charge in [0.15, 0.2) is 0 Å². The van der Waals surface area contributed by atoms with Gasteiger partial charge in [0.05, 0.1) is 15.7 Å². The Kier molecular flexibility index (Phi) is 4.83. The molecule has 21 heavy (non-hydrogen) atoms. The van der Waals surface area contributed by atoms with Crippen molar-refractivity contribution in [2.24, 2.45) is 0 Å². The minimum atomic E-state index is -0.819. The van der Waals surface area contributed by atoms with Gasteiger partial charge in [-0.1, -0.05) is 41.4 Å². The zero-order valence-electron chi connectivity index (χ0n) is 11.1. The van der Waals surface area contributed by atoms with Gasteiger partial charge in [-0.15, -0.1) is 0 Å². The Hall–Kier alpha value is -2.04. The van der Waals surface area contributed by atoms with Crippen molar-refractivity contribution in [3.63, 3.8) is 0 Å². The molecule has 0 fully saturated rings. The first-order chi connectivity index (χ1) is 9.97. The van der Waals surface area contributed by atoms with Gasteiger partial charge in [-0.3, -0.25) is 9.59 Å². The molecule has 108 valence electrons. The molecule has 0 atom stereocenters. The summed E-state index contributed by atoms with van der Waals surface area (Å²) in [6.07, 6.45) is 0. The number of nitrogens with one attached hydrogen (secondary N) is 2. The van der Waals surface area contributed by atoms with E-state index < -0.39 is 11.8 Å². The van der Waals surface area contributed by atoms with Crippen LogP contribution in [0.4, 0.5) is 11.4 Å². The van der Waals surface area contributed by atoms with Crippen LogP contribution in [0.15, 0.2) is 42.5 Å². The zero-order chi connectivity index (χ0) is 15.4. The highest BCUT2D eigenvalue weighted by Gasteiger charge is 2.16. The van der Waals surface area contributed by atoms with E-state index in [1.807, 2.05) is 13.0 Å². The Morgan fingerprint density at radius 1 is 0.952 bits per heavy atom. The maximum atomic E-state index is 11.8. The maximum absolute atomic E-state index is 11.8. The predicted octanol–water partition coefficient (Wildman–Crippen LogP) is 3.88. The quantitative estimate of drug-likeness (QED) is 0.824. The number of benzene rings is 2. The lowest BCUT2D eigenvalue weighted by molar-refractivity contribution is -0.132. The van der Waals surface area contributed by atoms with Gasteiger partial charge < -0.3 is 10.6 Å². The first-order valence-corrected chi connectivity index (χ1v) is 6.86. The number of aryl methyl sites for hydroxylation is 1. The fraction of sp³-hybridized carbons (Fsp3) is 0.0667. The Bertz CT molecular complexity index is 702. The van der Waals surface area contributed by atoms with Crippen molar-refractivity contribution in [1.82, 2.24) is 0 Å². The van der Waals surface area contributed by atoms with E-state index in [2.05, 4.69) is 10.6 Å². The molecular weight excluding hydrogens is 311 g/mol. The number of halogens is 2. The molecule has 4 nitrogen and oxygen atoms in total. The van der Waals surface area contributed by atoms with Crippen LogP contribution in [-0.2, 0) is 9.59 Å². The van der Waals surface area contributed by atoms with E-state index in [0.717, 1.165) is 5.56 Å². The van der Waals surface area contributed by atoms with Crippen LogP contribution in [0.25, 0.3) is 0 Å². The standard InChI is InChI=1S/C15H12Cl2N2O2/c1-9-4-2-5-10(8-9)18-14(20)15(21)19-12-7-3-6-11(16)13(12)17/h2-8H,1H3,(H,18,20)(H,19,21). The summed E-state index contributed by atoms with van der Waals surface area (Å²) < 4.78 is 0. The van der Waals surface area contributed by atoms with Gasteiger partial charge in [-0.2, -0.15) is 0 Å². The Balaban J connectivity index is 2.06. The van der Waals surface area contributed by atoms with Gasteiger partial charge in [-0.25, -0.2) is 0 Å². The highest BCUT2D eigenvalue weighted by atomic mass is 35.5. The van der Waals surface area contributed by atoms with E-state index in [9.17, 15) is 9.59 Å². The Morgan fingerprint density at radius 2 is 1.62 bits per heavy atom. The van der Waals surface area contributed by atoms with E-state index in [0.29, 0.717) is 10.7 Å². The van der Waals surface area contributed by atoms with E-state index in [4.69, 9.17) is 23.2 Å². The van der Waals surface area contributed by atoms with Crippen molar-refractivity contribution in [2.75, 3.05) is 10.6 Å². The second-order valence-corrected chi connectivity index (χ2v) is 5.16. The number of carbonyl (C=O) groups excluding carboxylic acids is 2. The third kappa shape index (κ3) is 3.97. The first kappa shape index (κ1) is 15.4. The Morgan fingerprint density at radius 3 is 2.33 bits per heavy atom. The molecule has 2 aromatic carbocycles. The van der Waals surface area contributed by atoms with E-state index in [1.165, 1.54) is 0 Å². The number of hydrogen-bond acceptors (Lipinski definition) is 2. The summed E-state index contributed by atoms with van der Waals surface area (Å²) in [7, 11) is 0. The van der Waals surface area contributed by atoms with Gasteiger partial charge in [0.1, 0.15) is 0 Å². The number of hydrogen-bond donors (Lipinski definition) is 2. The summed E-state index contributed by atoms with van der Waals surface area (Å²) in [6.45, 7) is 1.89.